The summed E-state index contributed by atoms with van der Waals surface area (Å²) in [6.07, 6.45) is 3.93. The van der Waals surface area contributed by atoms with E-state index in [2.05, 4.69) is 9.62 Å². The maximum Gasteiger partial charge on any atom is 0.215 e. The topological polar surface area (TPSA) is 62.6 Å². The van der Waals surface area contributed by atoms with Crippen LogP contribution >= 0.6 is 0 Å². The molecule has 3 rings (SSSR count). The van der Waals surface area contributed by atoms with Crippen molar-refractivity contribution in [2.75, 3.05) is 19.6 Å². The number of sulfonamides is 1. The summed E-state index contributed by atoms with van der Waals surface area (Å²) in [7, 11) is -3.39. The predicted molar refractivity (Wildman–Crippen MR) is 94.1 cm³/mol. The molecule has 0 radical (unpaired) electrons. The van der Waals surface area contributed by atoms with Crippen molar-refractivity contribution < 1.29 is 12.8 Å². The fourth-order valence-corrected chi connectivity index (χ4v) is 4.42. The zero-order chi connectivity index (χ0) is 17.0. The summed E-state index contributed by atoms with van der Waals surface area (Å²) in [5, 5.41) is 0. The number of rotatable bonds is 7. The van der Waals surface area contributed by atoms with Gasteiger partial charge in [0.15, 0.2) is 0 Å². The van der Waals surface area contributed by atoms with Gasteiger partial charge in [-0.15, -0.1) is 0 Å². The molecule has 1 fully saturated rings. The van der Waals surface area contributed by atoms with Gasteiger partial charge in [-0.05, 0) is 56.1 Å². The van der Waals surface area contributed by atoms with Crippen LogP contribution in [0.25, 0.3) is 0 Å². The van der Waals surface area contributed by atoms with Gasteiger partial charge in [0.1, 0.15) is 5.76 Å². The highest BCUT2D eigenvalue weighted by molar-refractivity contribution is 7.88. The summed E-state index contributed by atoms with van der Waals surface area (Å²) < 4.78 is 33.3. The summed E-state index contributed by atoms with van der Waals surface area (Å²) in [6.45, 7) is 4.22. The SMILES string of the molecule is Cc1ccccc1CS(=O)(=O)NCC(c1ccco1)N1CCCC1. The van der Waals surface area contributed by atoms with E-state index in [1.54, 1.807) is 6.26 Å². The lowest BCUT2D eigenvalue weighted by molar-refractivity contribution is 0.216. The molecule has 2 heterocycles. The van der Waals surface area contributed by atoms with Gasteiger partial charge in [-0.25, -0.2) is 13.1 Å². The monoisotopic (exact) mass is 348 g/mol. The molecule has 130 valence electrons. The lowest BCUT2D eigenvalue weighted by Gasteiger charge is -2.26. The quantitative estimate of drug-likeness (QED) is 0.836. The van der Waals surface area contributed by atoms with Crippen LogP contribution in [-0.2, 0) is 15.8 Å². The second-order valence-electron chi connectivity index (χ2n) is 6.31. The number of furan rings is 1. The van der Waals surface area contributed by atoms with Gasteiger partial charge < -0.3 is 4.42 Å². The molecule has 1 saturated heterocycles. The van der Waals surface area contributed by atoms with Crippen LogP contribution in [0.3, 0.4) is 0 Å². The van der Waals surface area contributed by atoms with Crippen LogP contribution < -0.4 is 4.72 Å². The predicted octanol–water partition coefficient (Wildman–Crippen LogP) is 2.84. The molecule has 1 aromatic carbocycles. The first-order valence-electron chi connectivity index (χ1n) is 8.34. The Morgan fingerprint density at radius 3 is 2.58 bits per heavy atom. The Morgan fingerprint density at radius 1 is 1.17 bits per heavy atom. The molecular weight excluding hydrogens is 324 g/mol. The highest BCUT2D eigenvalue weighted by Crippen LogP contribution is 2.25. The van der Waals surface area contributed by atoms with Gasteiger partial charge in [-0.1, -0.05) is 24.3 Å². The first-order valence-corrected chi connectivity index (χ1v) is 10.00. The van der Waals surface area contributed by atoms with Crippen LogP contribution in [0.4, 0.5) is 0 Å². The van der Waals surface area contributed by atoms with Gasteiger partial charge in [0.05, 0.1) is 18.1 Å². The molecular formula is C18H24N2O3S. The lowest BCUT2D eigenvalue weighted by atomic mass is 10.1. The second kappa shape index (κ2) is 7.51. The average molecular weight is 348 g/mol. The van der Waals surface area contributed by atoms with E-state index in [-0.39, 0.29) is 11.8 Å². The fraction of sp³-hybridized carbons (Fsp3) is 0.444. The maximum atomic E-state index is 12.5. The molecule has 1 atom stereocenters. The van der Waals surface area contributed by atoms with Crippen LogP contribution in [-0.4, -0.2) is 33.0 Å². The lowest BCUT2D eigenvalue weighted by Crippen LogP contribution is -2.37. The Bertz CT molecular complexity index is 750. The van der Waals surface area contributed by atoms with Gasteiger partial charge in [0, 0.05) is 6.54 Å². The average Bonchev–Trinajstić information content (AvgIpc) is 3.23. The Labute approximate surface area is 143 Å². The van der Waals surface area contributed by atoms with E-state index in [9.17, 15) is 8.42 Å². The second-order valence-corrected chi connectivity index (χ2v) is 8.12. The Balaban J connectivity index is 1.68. The van der Waals surface area contributed by atoms with Crippen molar-refractivity contribution in [2.24, 2.45) is 0 Å². The van der Waals surface area contributed by atoms with Crippen molar-refractivity contribution in [3.63, 3.8) is 0 Å². The smallest absolute Gasteiger partial charge is 0.215 e. The van der Waals surface area contributed by atoms with Gasteiger partial charge in [-0.2, -0.15) is 0 Å². The number of likely N-dealkylation sites (tertiary alicyclic amines) is 1. The third-order valence-electron chi connectivity index (χ3n) is 4.56. The highest BCUT2D eigenvalue weighted by atomic mass is 32.2. The standard InChI is InChI=1S/C18H24N2O3S/c1-15-7-2-3-8-16(15)14-24(21,22)19-13-17(18-9-6-12-23-18)20-10-4-5-11-20/h2-3,6-9,12,17,19H,4-5,10-11,13-14H2,1H3. The van der Waals surface area contributed by atoms with Crippen molar-refractivity contribution in [3.8, 4) is 0 Å². The summed E-state index contributed by atoms with van der Waals surface area (Å²) in [5.41, 5.74) is 1.82. The highest BCUT2D eigenvalue weighted by Gasteiger charge is 2.27. The van der Waals surface area contributed by atoms with E-state index in [0.29, 0.717) is 6.54 Å². The van der Waals surface area contributed by atoms with Crippen molar-refractivity contribution in [1.29, 1.82) is 0 Å². The van der Waals surface area contributed by atoms with Crippen molar-refractivity contribution >= 4 is 10.0 Å². The van der Waals surface area contributed by atoms with E-state index < -0.39 is 10.0 Å². The molecule has 1 N–H and O–H groups in total. The number of hydrogen-bond donors (Lipinski definition) is 1. The minimum absolute atomic E-state index is 0.00451. The molecule has 0 saturated carbocycles. The molecule has 24 heavy (non-hydrogen) atoms. The zero-order valence-corrected chi connectivity index (χ0v) is 14.8. The molecule has 6 heteroatoms. The first-order chi connectivity index (χ1) is 11.6. The van der Waals surface area contributed by atoms with E-state index in [0.717, 1.165) is 42.8 Å². The molecule has 0 bridgehead atoms. The van der Waals surface area contributed by atoms with Crippen LogP contribution in [0.5, 0.6) is 0 Å². The molecule has 0 aliphatic carbocycles. The van der Waals surface area contributed by atoms with E-state index in [1.165, 1.54) is 0 Å². The Hall–Kier alpha value is -1.63. The van der Waals surface area contributed by atoms with Crippen molar-refractivity contribution in [3.05, 3.63) is 59.5 Å². The normalized spacial score (nSPS) is 17.2. The molecule has 1 aliphatic heterocycles. The third-order valence-corrected chi connectivity index (χ3v) is 5.85. The molecule has 2 aromatic rings. The summed E-state index contributed by atoms with van der Waals surface area (Å²) >= 11 is 0. The third kappa shape index (κ3) is 4.26. The Kier molecular flexibility index (Phi) is 5.38. The first kappa shape index (κ1) is 17.2. The minimum atomic E-state index is -3.39. The minimum Gasteiger partial charge on any atom is -0.468 e. The van der Waals surface area contributed by atoms with Crippen molar-refractivity contribution in [2.45, 2.75) is 31.6 Å². The van der Waals surface area contributed by atoms with Crippen LogP contribution in [0.2, 0.25) is 0 Å². The fourth-order valence-electron chi connectivity index (χ4n) is 3.18. The number of nitrogens with zero attached hydrogens (tertiary/aromatic N) is 1. The largest absolute Gasteiger partial charge is 0.468 e. The van der Waals surface area contributed by atoms with E-state index in [1.807, 2.05) is 43.3 Å². The van der Waals surface area contributed by atoms with E-state index in [4.69, 9.17) is 4.42 Å². The Morgan fingerprint density at radius 2 is 1.92 bits per heavy atom. The molecule has 5 nitrogen and oxygen atoms in total. The van der Waals surface area contributed by atoms with Gasteiger partial charge in [0.25, 0.3) is 0 Å². The summed E-state index contributed by atoms with van der Waals surface area (Å²) in [5.74, 6) is 0.820. The summed E-state index contributed by atoms with van der Waals surface area (Å²) in [6, 6.07) is 11.3. The van der Waals surface area contributed by atoms with E-state index >= 15 is 0 Å². The van der Waals surface area contributed by atoms with Crippen LogP contribution in [0, 0.1) is 6.92 Å². The van der Waals surface area contributed by atoms with Crippen molar-refractivity contribution in [1.82, 2.24) is 9.62 Å². The zero-order valence-electron chi connectivity index (χ0n) is 13.9. The molecule has 1 aliphatic rings. The molecule has 1 aromatic heterocycles. The molecule has 0 spiro atoms. The number of hydrogen-bond acceptors (Lipinski definition) is 4. The number of aryl methyl sites for hydroxylation is 1. The summed E-state index contributed by atoms with van der Waals surface area (Å²) in [4.78, 5) is 2.29. The number of benzene rings is 1. The number of nitrogens with one attached hydrogen (secondary N) is 1. The van der Waals surface area contributed by atoms with Crippen LogP contribution in [0.15, 0.2) is 47.1 Å². The molecule has 0 amide bonds. The van der Waals surface area contributed by atoms with Gasteiger partial charge in [-0.3, -0.25) is 4.90 Å². The van der Waals surface area contributed by atoms with Gasteiger partial charge in [0.2, 0.25) is 10.0 Å². The maximum absolute atomic E-state index is 12.5. The van der Waals surface area contributed by atoms with Gasteiger partial charge >= 0.3 is 0 Å². The molecule has 1 unspecified atom stereocenters. The van der Waals surface area contributed by atoms with Crippen LogP contribution in [0.1, 0.15) is 35.8 Å².